The molecule has 3 nitrogen and oxygen atoms in total. The Labute approximate surface area is 164 Å². The second-order valence-electron chi connectivity index (χ2n) is 7.05. The Morgan fingerprint density at radius 3 is 2.68 bits per heavy atom. The summed E-state index contributed by atoms with van der Waals surface area (Å²) in [6.45, 7) is 5.19. The molecule has 1 fully saturated rings. The lowest BCUT2D eigenvalue weighted by Gasteiger charge is -2.30. The van der Waals surface area contributed by atoms with Gasteiger partial charge in [0.1, 0.15) is 0 Å². The molecule has 1 amide bonds. The summed E-state index contributed by atoms with van der Waals surface area (Å²) < 4.78 is 2.00. The van der Waals surface area contributed by atoms with E-state index in [2.05, 4.69) is 65.2 Å². The normalized spacial score (nSPS) is 19.7. The van der Waals surface area contributed by atoms with Gasteiger partial charge in [0.2, 0.25) is 5.91 Å². The summed E-state index contributed by atoms with van der Waals surface area (Å²) in [5, 5.41) is 3.42. The van der Waals surface area contributed by atoms with E-state index >= 15 is 0 Å². The molecule has 0 atom stereocenters. The monoisotopic (exact) mass is 450 g/mol. The Morgan fingerprint density at radius 2 is 2.00 bits per heavy atom. The number of benzene rings is 1. The lowest BCUT2D eigenvalue weighted by atomic mass is 9.89. The molecule has 0 unspecified atom stereocenters. The van der Waals surface area contributed by atoms with Crippen LogP contribution in [0, 0.1) is 0 Å². The van der Waals surface area contributed by atoms with Crippen molar-refractivity contribution in [3.8, 4) is 0 Å². The fraction of sp³-hybridized carbons (Fsp3) is 0.476. The molecule has 1 aromatic rings. The number of carbonyl (C=O) groups excluding carboxylic acids is 1. The van der Waals surface area contributed by atoms with E-state index in [1.165, 1.54) is 24.0 Å². The summed E-state index contributed by atoms with van der Waals surface area (Å²) in [5.41, 5.74) is 4.94. The molecule has 4 heteroatoms. The van der Waals surface area contributed by atoms with Gasteiger partial charge in [-0.05, 0) is 78.5 Å². The lowest BCUT2D eigenvalue weighted by molar-refractivity contribution is -0.128. The topological polar surface area (TPSA) is 32.3 Å². The molecule has 0 radical (unpaired) electrons. The molecule has 2 aliphatic heterocycles. The molecule has 134 valence electrons. The van der Waals surface area contributed by atoms with Gasteiger partial charge < -0.3 is 10.2 Å². The molecular formula is C21H27IN2O. The van der Waals surface area contributed by atoms with Crippen LogP contribution in [-0.4, -0.2) is 30.4 Å². The van der Waals surface area contributed by atoms with Crippen molar-refractivity contribution in [1.29, 1.82) is 0 Å². The van der Waals surface area contributed by atoms with Crippen LogP contribution in [0.5, 0.6) is 0 Å². The van der Waals surface area contributed by atoms with Crippen LogP contribution in [0.15, 0.2) is 45.7 Å². The van der Waals surface area contributed by atoms with Crippen molar-refractivity contribution in [1.82, 2.24) is 10.2 Å². The zero-order valence-corrected chi connectivity index (χ0v) is 17.1. The Balaban J connectivity index is 1.67. The molecule has 25 heavy (non-hydrogen) atoms. The summed E-state index contributed by atoms with van der Waals surface area (Å²) in [6, 6.07) is 8.73. The largest absolute Gasteiger partial charge is 0.317 e. The molecule has 0 aromatic heterocycles. The summed E-state index contributed by atoms with van der Waals surface area (Å²) in [6.07, 6.45) is 7.12. The number of halogens is 1. The molecule has 0 saturated carbocycles. The number of piperidine rings is 1. The Kier molecular flexibility index (Phi) is 6.70. The van der Waals surface area contributed by atoms with Crippen molar-refractivity contribution in [3.05, 3.63) is 56.8 Å². The van der Waals surface area contributed by atoms with Gasteiger partial charge in [0.05, 0.1) is 6.42 Å². The minimum Gasteiger partial charge on any atom is -0.317 e. The van der Waals surface area contributed by atoms with Gasteiger partial charge in [-0.3, -0.25) is 4.79 Å². The van der Waals surface area contributed by atoms with Crippen molar-refractivity contribution < 1.29 is 4.79 Å². The number of allylic oxidation sites excluding steroid dienone is 2. The first-order chi connectivity index (χ1) is 12.2. The maximum atomic E-state index is 12.8. The van der Waals surface area contributed by atoms with Gasteiger partial charge in [-0.2, -0.15) is 0 Å². The van der Waals surface area contributed by atoms with E-state index in [9.17, 15) is 4.79 Å². The quantitative estimate of drug-likeness (QED) is 0.684. The summed E-state index contributed by atoms with van der Waals surface area (Å²) in [7, 11) is 0. The smallest absolute Gasteiger partial charge is 0.231 e. The third-order valence-electron chi connectivity index (χ3n) is 5.33. The molecular weight excluding hydrogens is 423 g/mol. The first-order valence-corrected chi connectivity index (χ1v) is 10.5. The van der Waals surface area contributed by atoms with Gasteiger partial charge in [0, 0.05) is 12.2 Å². The highest BCUT2D eigenvalue weighted by molar-refractivity contribution is 14.1. The molecule has 3 rings (SSSR count). The molecule has 1 N–H and O–H groups in total. The SMILES string of the molecule is CC1=C(/C=C\I)N(C(=O)Cc2ccc(C3CCNCC3)cc2)CCC1. The highest BCUT2D eigenvalue weighted by atomic mass is 127. The second-order valence-corrected chi connectivity index (χ2v) is 7.77. The molecule has 1 aromatic carbocycles. The maximum absolute atomic E-state index is 12.8. The van der Waals surface area contributed by atoms with E-state index in [4.69, 9.17) is 0 Å². The zero-order chi connectivity index (χ0) is 17.6. The first-order valence-electron chi connectivity index (χ1n) is 9.25. The minimum atomic E-state index is 0.207. The Hall–Kier alpha value is -1.14. The average Bonchev–Trinajstić information content (AvgIpc) is 2.65. The number of amides is 1. The van der Waals surface area contributed by atoms with E-state index < -0.39 is 0 Å². The lowest BCUT2D eigenvalue weighted by Crippen LogP contribution is -2.35. The molecule has 0 spiro atoms. The maximum Gasteiger partial charge on any atom is 0.231 e. The van der Waals surface area contributed by atoms with Crippen LogP contribution in [0.1, 0.15) is 49.7 Å². The van der Waals surface area contributed by atoms with Crippen LogP contribution in [0.2, 0.25) is 0 Å². The van der Waals surface area contributed by atoms with Crippen molar-refractivity contribution >= 4 is 28.5 Å². The summed E-state index contributed by atoms with van der Waals surface area (Å²) in [5.74, 6) is 0.872. The molecule has 2 aliphatic rings. The van der Waals surface area contributed by atoms with E-state index in [0.717, 1.165) is 43.7 Å². The molecule has 1 saturated heterocycles. The van der Waals surface area contributed by atoms with E-state index in [-0.39, 0.29) is 5.91 Å². The van der Waals surface area contributed by atoms with E-state index in [1.807, 2.05) is 8.98 Å². The van der Waals surface area contributed by atoms with E-state index in [0.29, 0.717) is 12.3 Å². The average molecular weight is 450 g/mol. The van der Waals surface area contributed by atoms with Crippen molar-refractivity contribution in [2.75, 3.05) is 19.6 Å². The van der Waals surface area contributed by atoms with Gasteiger partial charge in [-0.15, -0.1) is 0 Å². The Bertz CT molecular complexity index is 657. The standard InChI is InChI=1S/C21H27IN2O/c1-16-3-2-14-24(20(16)8-11-22)21(25)15-17-4-6-18(7-5-17)19-9-12-23-13-10-19/h4-8,11,19,23H,2-3,9-10,12-15H2,1H3/b11-8-. The minimum absolute atomic E-state index is 0.207. The number of nitrogens with one attached hydrogen (secondary N) is 1. The highest BCUT2D eigenvalue weighted by Crippen LogP contribution is 2.27. The molecule has 0 bridgehead atoms. The number of hydrogen-bond donors (Lipinski definition) is 1. The molecule has 2 heterocycles. The molecule has 0 aliphatic carbocycles. The summed E-state index contributed by atoms with van der Waals surface area (Å²) >= 11 is 2.22. The van der Waals surface area contributed by atoms with Gasteiger partial charge in [0.25, 0.3) is 0 Å². The van der Waals surface area contributed by atoms with E-state index in [1.54, 1.807) is 0 Å². The number of carbonyl (C=O) groups is 1. The highest BCUT2D eigenvalue weighted by Gasteiger charge is 2.22. The van der Waals surface area contributed by atoms with Gasteiger partial charge in [-0.1, -0.05) is 46.9 Å². The number of rotatable bonds is 4. The number of nitrogens with zero attached hydrogens (tertiary/aromatic N) is 1. The predicted octanol–water partition coefficient (Wildman–Crippen LogP) is 4.54. The third-order valence-corrected chi connectivity index (χ3v) is 5.69. The van der Waals surface area contributed by atoms with Gasteiger partial charge in [-0.25, -0.2) is 0 Å². The predicted molar refractivity (Wildman–Crippen MR) is 112 cm³/mol. The van der Waals surface area contributed by atoms with Gasteiger partial charge in [0.15, 0.2) is 0 Å². The van der Waals surface area contributed by atoms with Crippen molar-refractivity contribution in [2.24, 2.45) is 0 Å². The fourth-order valence-electron chi connectivity index (χ4n) is 3.87. The summed E-state index contributed by atoms with van der Waals surface area (Å²) in [4.78, 5) is 14.8. The van der Waals surface area contributed by atoms with Crippen molar-refractivity contribution in [2.45, 2.75) is 44.9 Å². The second kappa shape index (κ2) is 8.99. The van der Waals surface area contributed by atoms with Crippen molar-refractivity contribution in [3.63, 3.8) is 0 Å². The first kappa shape index (κ1) is 18.6. The van der Waals surface area contributed by atoms with Crippen LogP contribution in [0.4, 0.5) is 0 Å². The fourth-order valence-corrected chi connectivity index (χ4v) is 4.21. The zero-order valence-electron chi connectivity index (χ0n) is 14.9. The number of hydrogen-bond acceptors (Lipinski definition) is 2. The third kappa shape index (κ3) is 4.73. The van der Waals surface area contributed by atoms with Gasteiger partial charge >= 0.3 is 0 Å². The van der Waals surface area contributed by atoms with Crippen LogP contribution in [-0.2, 0) is 11.2 Å². The van der Waals surface area contributed by atoms with Crippen LogP contribution in [0.25, 0.3) is 0 Å². The van der Waals surface area contributed by atoms with Crippen LogP contribution in [0.3, 0.4) is 0 Å². The van der Waals surface area contributed by atoms with Crippen LogP contribution >= 0.6 is 22.6 Å². The van der Waals surface area contributed by atoms with Crippen LogP contribution < -0.4 is 5.32 Å². The Morgan fingerprint density at radius 1 is 1.28 bits per heavy atom.